The molecule has 3 aromatic carbocycles. The van der Waals surface area contributed by atoms with Crippen molar-refractivity contribution in [3.05, 3.63) is 77.6 Å². The van der Waals surface area contributed by atoms with Crippen molar-refractivity contribution in [1.82, 2.24) is 20.8 Å². The molecule has 0 radical (unpaired) electrons. The number of methoxy groups -OCH3 is 1. The van der Waals surface area contributed by atoms with E-state index >= 15 is 0 Å². The van der Waals surface area contributed by atoms with Crippen LogP contribution in [-0.2, 0) is 9.53 Å². The summed E-state index contributed by atoms with van der Waals surface area (Å²) >= 11 is 0. The quantitative estimate of drug-likeness (QED) is 0.113. The largest absolute Gasteiger partial charge is 0.465 e. The second-order valence-electron chi connectivity index (χ2n) is 8.54. The fraction of sp³-hybridized carbons (Fsp3) is 0.259. The number of nitrogens with zero attached hydrogens (tertiary/aromatic N) is 1. The number of hydroxylamine groups is 1. The van der Waals surface area contributed by atoms with E-state index in [2.05, 4.69) is 10.3 Å². The Morgan fingerprint density at radius 1 is 1.00 bits per heavy atom. The maximum atomic E-state index is 13.2. The number of hydrogen-bond acceptors (Lipinski definition) is 6. The molecule has 0 bridgehead atoms. The fourth-order valence-electron chi connectivity index (χ4n) is 4.22. The van der Waals surface area contributed by atoms with E-state index in [0.717, 1.165) is 34.6 Å². The van der Waals surface area contributed by atoms with Crippen molar-refractivity contribution in [3.63, 3.8) is 0 Å². The van der Waals surface area contributed by atoms with Crippen LogP contribution in [0.25, 0.3) is 21.8 Å². The van der Waals surface area contributed by atoms with Gasteiger partial charge in [-0.2, -0.15) is 0 Å². The molecule has 0 saturated heterocycles. The number of carbonyl (C=O) groups excluding carboxylic acids is 3. The van der Waals surface area contributed by atoms with Gasteiger partial charge in [0.05, 0.1) is 29.7 Å². The zero-order chi connectivity index (χ0) is 25.5. The zero-order valence-electron chi connectivity index (χ0n) is 19.9. The monoisotopic (exact) mass is 488 g/mol. The number of benzene rings is 3. The number of aromatic nitrogens is 2. The van der Waals surface area contributed by atoms with E-state index in [1.54, 1.807) is 23.7 Å². The van der Waals surface area contributed by atoms with Crippen molar-refractivity contribution < 1.29 is 24.3 Å². The lowest BCUT2D eigenvalue weighted by Crippen LogP contribution is -2.29. The number of rotatable bonds is 10. The highest BCUT2D eigenvalue weighted by Gasteiger charge is 2.21. The van der Waals surface area contributed by atoms with Crippen LogP contribution in [0.5, 0.6) is 0 Å². The minimum absolute atomic E-state index is 0.227. The third-order valence-corrected chi connectivity index (χ3v) is 6.10. The molecule has 9 nitrogen and oxygen atoms in total. The first-order chi connectivity index (χ1) is 17.5. The molecule has 36 heavy (non-hydrogen) atoms. The summed E-state index contributed by atoms with van der Waals surface area (Å²) in [5.41, 5.74) is 3.96. The first-order valence-electron chi connectivity index (χ1n) is 11.8. The molecule has 4 aromatic rings. The Bertz CT molecular complexity index is 1400. The molecule has 0 saturated carbocycles. The predicted molar refractivity (Wildman–Crippen MR) is 135 cm³/mol. The molecule has 4 N–H and O–H groups in total. The Morgan fingerprint density at radius 3 is 2.61 bits per heavy atom. The van der Waals surface area contributed by atoms with Gasteiger partial charge in [0.15, 0.2) is 0 Å². The molecule has 4 rings (SSSR count). The first kappa shape index (κ1) is 24.9. The van der Waals surface area contributed by atoms with E-state index in [1.807, 2.05) is 36.4 Å². The van der Waals surface area contributed by atoms with Crippen LogP contribution in [0.1, 0.15) is 64.7 Å². The topological polar surface area (TPSA) is 133 Å². The standard InChI is InChI=1S/C27H28N4O5/c1-36-27(34)19-10-7-9-18(16-19)26(33)29-22(12-3-2-4-13-23(32)31-35)25-28-21-15-14-17-8-5-6-11-20(17)24(21)30-25/h5-11,14-16,22,35H,2-4,12-13H2,1H3,(H,28,30)(H,29,33)(H,31,32)/t22-/m0/s1. The molecule has 2 amide bonds. The summed E-state index contributed by atoms with van der Waals surface area (Å²) in [5, 5.41) is 13.8. The summed E-state index contributed by atoms with van der Waals surface area (Å²) in [5.74, 6) is -0.644. The van der Waals surface area contributed by atoms with Crippen LogP contribution in [0.2, 0.25) is 0 Å². The number of carbonyl (C=O) groups is 3. The van der Waals surface area contributed by atoms with Gasteiger partial charge in [0.1, 0.15) is 5.82 Å². The van der Waals surface area contributed by atoms with Gasteiger partial charge >= 0.3 is 5.97 Å². The Hall–Kier alpha value is -4.24. The molecule has 0 aliphatic heterocycles. The number of amides is 2. The van der Waals surface area contributed by atoms with Gasteiger partial charge in [-0.1, -0.05) is 49.2 Å². The molecular weight excluding hydrogens is 460 g/mol. The van der Waals surface area contributed by atoms with Gasteiger partial charge in [-0.3, -0.25) is 14.8 Å². The lowest BCUT2D eigenvalue weighted by molar-refractivity contribution is -0.129. The summed E-state index contributed by atoms with van der Waals surface area (Å²) in [7, 11) is 1.29. The van der Waals surface area contributed by atoms with Gasteiger partial charge in [-0.05, 0) is 42.5 Å². The van der Waals surface area contributed by atoms with Gasteiger partial charge in [0, 0.05) is 17.4 Å². The highest BCUT2D eigenvalue weighted by atomic mass is 16.5. The minimum Gasteiger partial charge on any atom is -0.465 e. The maximum Gasteiger partial charge on any atom is 0.337 e. The molecule has 9 heteroatoms. The molecule has 0 aliphatic rings. The third-order valence-electron chi connectivity index (χ3n) is 6.10. The average molecular weight is 489 g/mol. The summed E-state index contributed by atoms with van der Waals surface area (Å²) in [6.45, 7) is 0. The Kier molecular flexibility index (Phi) is 7.92. The van der Waals surface area contributed by atoms with E-state index in [0.29, 0.717) is 29.8 Å². The van der Waals surface area contributed by atoms with Gasteiger partial charge in [-0.25, -0.2) is 15.3 Å². The molecular formula is C27H28N4O5. The second kappa shape index (κ2) is 11.5. The van der Waals surface area contributed by atoms with Crippen molar-refractivity contribution >= 4 is 39.6 Å². The molecule has 1 atom stereocenters. The Labute approximate surface area is 207 Å². The number of unbranched alkanes of at least 4 members (excludes halogenated alkanes) is 2. The molecule has 0 fully saturated rings. The number of fused-ring (bicyclic) bond motifs is 3. The molecule has 0 spiro atoms. The van der Waals surface area contributed by atoms with E-state index in [4.69, 9.17) is 14.9 Å². The number of hydrogen-bond donors (Lipinski definition) is 4. The van der Waals surface area contributed by atoms with E-state index in [1.165, 1.54) is 13.2 Å². The van der Waals surface area contributed by atoms with Gasteiger partial charge in [-0.15, -0.1) is 0 Å². The van der Waals surface area contributed by atoms with Crippen LogP contribution < -0.4 is 10.8 Å². The number of imidazole rings is 1. The third kappa shape index (κ3) is 5.69. The average Bonchev–Trinajstić information content (AvgIpc) is 3.36. The van der Waals surface area contributed by atoms with Crippen LogP contribution in [0, 0.1) is 0 Å². The maximum absolute atomic E-state index is 13.2. The highest BCUT2D eigenvalue weighted by molar-refractivity contribution is 6.04. The summed E-state index contributed by atoms with van der Waals surface area (Å²) in [6.07, 6.45) is 2.88. The summed E-state index contributed by atoms with van der Waals surface area (Å²) in [6, 6.07) is 17.9. The number of ether oxygens (including phenoxy) is 1. The molecule has 0 aliphatic carbocycles. The van der Waals surface area contributed by atoms with Crippen molar-refractivity contribution in [3.8, 4) is 0 Å². The minimum atomic E-state index is -0.516. The van der Waals surface area contributed by atoms with Gasteiger partial charge < -0.3 is 15.0 Å². The SMILES string of the molecule is COC(=O)c1cccc(C(=O)N[C@@H](CCCCCC(=O)NO)c2nc3c(ccc4ccccc43)[nH]2)c1. The number of aromatic amines is 1. The highest BCUT2D eigenvalue weighted by Crippen LogP contribution is 2.27. The number of H-pyrrole nitrogens is 1. The smallest absolute Gasteiger partial charge is 0.337 e. The summed E-state index contributed by atoms with van der Waals surface area (Å²) < 4.78 is 4.76. The van der Waals surface area contributed by atoms with Crippen LogP contribution in [0.3, 0.4) is 0 Å². The predicted octanol–water partition coefficient (Wildman–Crippen LogP) is 4.43. The van der Waals surface area contributed by atoms with Crippen molar-refractivity contribution in [2.75, 3.05) is 7.11 Å². The van der Waals surface area contributed by atoms with Crippen molar-refractivity contribution in [1.29, 1.82) is 0 Å². The lowest BCUT2D eigenvalue weighted by atomic mass is 10.0. The fourth-order valence-corrected chi connectivity index (χ4v) is 4.22. The Balaban J connectivity index is 1.58. The zero-order valence-corrected chi connectivity index (χ0v) is 19.9. The molecule has 0 unspecified atom stereocenters. The summed E-state index contributed by atoms with van der Waals surface area (Å²) in [4.78, 5) is 44.5. The van der Waals surface area contributed by atoms with Gasteiger partial charge in [0.2, 0.25) is 5.91 Å². The Morgan fingerprint density at radius 2 is 1.81 bits per heavy atom. The normalized spacial score (nSPS) is 11.8. The molecule has 1 aromatic heterocycles. The second-order valence-corrected chi connectivity index (χ2v) is 8.54. The first-order valence-corrected chi connectivity index (χ1v) is 11.8. The van der Waals surface area contributed by atoms with Crippen molar-refractivity contribution in [2.45, 2.75) is 38.1 Å². The molecule has 186 valence electrons. The van der Waals surface area contributed by atoms with E-state index in [-0.39, 0.29) is 12.3 Å². The van der Waals surface area contributed by atoms with Crippen LogP contribution >= 0.6 is 0 Å². The van der Waals surface area contributed by atoms with E-state index in [9.17, 15) is 14.4 Å². The van der Waals surface area contributed by atoms with Crippen LogP contribution in [0.4, 0.5) is 0 Å². The molecule has 1 heterocycles. The van der Waals surface area contributed by atoms with E-state index < -0.39 is 17.9 Å². The number of esters is 1. The lowest BCUT2D eigenvalue weighted by Gasteiger charge is -2.17. The van der Waals surface area contributed by atoms with Crippen LogP contribution in [0.15, 0.2) is 60.7 Å². The van der Waals surface area contributed by atoms with Crippen molar-refractivity contribution in [2.24, 2.45) is 0 Å². The number of nitrogens with one attached hydrogen (secondary N) is 3. The van der Waals surface area contributed by atoms with Crippen LogP contribution in [-0.4, -0.2) is 40.1 Å². The van der Waals surface area contributed by atoms with Gasteiger partial charge in [0.25, 0.3) is 5.91 Å².